The highest BCUT2D eigenvalue weighted by Crippen LogP contribution is 2.28. The van der Waals surface area contributed by atoms with Crippen LogP contribution in [0.15, 0.2) is 0 Å². The molecule has 3 heterocycles. The monoisotopic (exact) mass is 334 g/mol. The number of aromatic nitrogens is 5. The number of hydrogen-bond donors (Lipinski definition) is 1. The van der Waals surface area contributed by atoms with Gasteiger partial charge in [0, 0.05) is 19.0 Å². The molecule has 7 nitrogen and oxygen atoms in total. The van der Waals surface area contributed by atoms with Gasteiger partial charge in [0.2, 0.25) is 0 Å². The molecule has 0 aromatic carbocycles. The van der Waals surface area contributed by atoms with Gasteiger partial charge in [0.15, 0.2) is 5.82 Å². The van der Waals surface area contributed by atoms with Crippen molar-refractivity contribution in [3.8, 4) is 0 Å². The van der Waals surface area contributed by atoms with E-state index in [0.717, 1.165) is 41.4 Å². The minimum atomic E-state index is 0.0967. The maximum atomic E-state index is 13.0. The van der Waals surface area contributed by atoms with Crippen molar-refractivity contribution in [3.05, 3.63) is 21.4 Å². The van der Waals surface area contributed by atoms with Crippen LogP contribution in [0.5, 0.6) is 0 Å². The number of nitrogens with zero attached hydrogens (tertiary/aromatic N) is 5. The first kappa shape index (κ1) is 16.0. The molecule has 1 fully saturated rings. The van der Waals surface area contributed by atoms with Gasteiger partial charge in [0.05, 0.1) is 10.7 Å². The average molecular weight is 334 g/mol. The Morgan fingerprint density at radius 1 is 1.48 bits per heavy atom. The van der Waals surface area contributed by atoms with Gasteiger partial charge in [-0.15, -0.1) is 21.5 Å². The van der Waals surface area contributed by atoms with Crippen LogP contribution in [0.3, 0.4) is 0 Å². The van der Waals surface area contributed by atoms with Gasteiger partial charge in [0.25, 0.3) is 5.91 Å². The Kier molecular flexibility index (Phi) is 4.70. The van der Waals surface area contributed by atoms with Crippen LogP contribution in [0, 0.1) is 12.8 Å². The quantitative estimate of drug-likeness (QED) is 0.926. The van der Waals surface area contributed by atoms with E-state index < -0.39 is 0 Å². The van der Waals surface area contributed by atoms with E-state index in [1.807, 2.05) is 11.8 Å². The predicted molar refractivity (Wildman–Crippen MR) is 87.4 cm³/mol. The van der Waals surface area contributed by atoms with Crippen LogP contribution in [-0.4, -0.2) is 49.5 Å². The van der Waals surface area contributed by atoms with Gasteiger partial charge >= 0.3 is 0 Å². The Morgan fingerprint density at radius 2 is 2.30 bits per heavy atom. The molecule has 1 aliphatic heterocycles. The first-order valence-corrected chi connectivity index (χ1v) is 8.85. The lowest BCUT2D eigenvalue weighted by atomic mass is 9.97. The second-order valence-electron chi connectivity index (χ2n) is 6.47. The highest BCUT2D eigenvalue weighted by molar-refractivity contribution is 7.13. The third kappa shape index (κ3) is 3.57. The lowest BCUT2D eigenvalue weighted by molar-refractivity contribution is 0.0708. The summed E-state index contributed by atoms with van der Waals surface area (Å²) in [7, 11) is 0. The van der Waals surface area contributed by atoms with E-state index in [-0.39, 0.29) is 11.8 Å². The Balaban J connectivity index is 1.77. The van der Waals surface area contributed by atoms with Crippen molar-refractivity contribution in [1.29, 1.82) is 0 Å². The van der Waals surface area contributed by atoms with E-state index in [4.69, 9.17) is 0 Å². The standard InChI is InChI=1S/C15H22N6OS/c1-9(2)7-12-13(23-10(3)16-12)15(22)21-6-4-5-11(8-21)14-17-19-20-18-14/h9,11H,4-8H2,1-3H3,(H,17,18,19,20)/t11-/m1/s1. The maximum absolute atomic E-state index is 13.0. The molecule has 23 heavy (non-hydrogen) atoms. The summed E-state index contributed by atoms with van der Waals surface area (Å²) in [5.41, 5.74) is 0.939. The molecular formula is C15H22N6OS. The molecule has 0 aliphatic carbocycles. The molecular weight excluding hydrogens is 312 g/mol. The van der Waals surface area contributed by atoms with Crippen LogP contribution >= 0.6 is 11.3 Å². The second-order valence-corrected chi connectivity index (χ2v) is 7.67. The van der Waals surface area contributed by atoms with Gasteiger partial charge in [0.1, 0.15) is 4.88 Å². The van der Waals surface area contributed by atoms with Gasteiger partial charge in [-0.3, -0.25) is 4.79 Å². The van der Waals surface area contributed by atoms with E-state index in [9.17, 15) is 4.79 Å². The molecule has 1 aliphatic rings. The SMILES string of the molecule is Cc1nc(CC(C)C)c(C(=O)N2CCC[C@@H](c3nn[nH]n3)C2)s1. The lowest BCUT2D eigenvalue weighted by Crippen LogP contribution is -2.39. The Hall–Kier alpha value is -1.83. The molecule has 3 rings (SSSR count). The summed E-state index contributed by atoms with van der Waals surface area (Å²) in [6, 6.07) is 0. The summed E-state index contributed by atoms with van der Waals surface area (Å²) in [4.78, 5) is 20.2. The molecule has 0 bridgehead atoms. The van der Waals surface area contributed by atoms with E-state index in [0.29, 0.717) is 18.3 Å². The van der Waals surface area contributed by atoms with Crippen molar-refractivity contribution < 1.29 is 4.79 Å². The van der Waals surface area contributed by atoms with Crippen molar-refractivity contribution in [3.63, 3.8) is 0 Å². The number of carbonyl (C=O) groups is 1. The summed E-state index contributed by atoms with van der Waals surface area (Å²) in [6.07, 6.45) is 2.79. The average Bonchev–Trinajstić information content (AvgIpc) is 3.16. The van der Waals surface area contributed by atoms with Crippen LogP contribution in [0.4, 0.5) is 0 Å². The van der Waals surface area contributed by atoms with Gasteiger partial charge < -0.3 is 4.90 Å². The Labute approximate surface area is 139 Å². The third-order valence-corrected chi connectivity index (χ3v) is 5.04. The number of rotatable bonds is 4. The number of amides is 1. The van der Waals surface area contributed by atoms with E-state index in [1.54, 1.807) is 0 Å². The third-order valence-electron chi connectivity index (χ3n) is 4.04. The zero-order valence-electron chi connectivity index (χ0n) is 13.7. The zero-order valence-corrected chi connectivity index (χ0v) is 14.6. The van der Waals surface area contributed by atoms with Crippen molar-refractivity contribution in [2.45, 2.75) is 46.0 Å². The van der Waals surface area contributed by atoms with E-state index in [1.165, 1.54) is 11.3 Å². The molecule has 124 valence electrons. The number of carbonyl (C=O) groups excluding carboxylic acids is 1. The van der Waals surface area contributed by atoms with E-state index in [2.05, 4.69) is 39.5 Å². The maximum Gasteiger partial charge on any atom is 0.265 e. The number of H-pyrrole nitrogens is 1. The highest BCUT2D eigenvalue weighted by Gasteiger charge is 2.30. The van der Waals surface area contributed by atoms with Crippen molar-refractivity contribution >= 4 is 17.2 Å². The number of likely N-dealkylation sites (tertiary alicyclic amines) is 1. The van der Waals surface area contributed by atoms with E-state index >= 15 is 0 Å². The first-order chi connectivity index (χ1) is 11.0. The number of aromatic amines is 1. The minimum absolute atomic E-state index is 0.0967. The van der Waals surface area contributed by atoms with Crippen molar-refractivity contribution in [1.82, 2.24) is 30.5 Å². The van der Waals surface area contributed by atoms with Crippen molar-refractivity contribution in [2.24, 2.45) is 5.92 Å². The van der Waals surface area contributed by atoms with Crippen LogP contribution in [0.1, 0.15) is 58.8 Å². The van der Waals surface area contributed by atoms with Crippen molar-refractivity contribution in [2.75, 3.05) is 13.1 Å². The van der Waals surface area contributed by atoms with Crippen LogP contribution in [0.25, 0.3) is 0 Å². The fourth-order valence-corrected chi connectivity index (χ4v) is 3.94. The normalized spacial score (nSPS) is 18.6. The fraction of sp³-hybridized carbons (Fsp3) is 0.667. The Morgan fingerprint density at radius 3 is 3.00 bits per heavy atom. The molecule has 0 saturated carbocycles. The summed E-state index contributed by atoms with van der Waals surface area (Å²) < 4.78 is 0. The zero-order chi connectivity index (χ0) is 16.4. The first-order valence-electron chi connectivity index (χ1n) is 8.03. The second kappa shape index (κ2) is 6.74. The largest absolute Gasteiger partial charge is 0.337 e. The summed E-state index contributed by atoms with van der Waals surface area (Å²) in [5, 5.41) is 15.2. The van der Waals surface area contributed by atoms with Crippen LogP contribution < -0.4 is 0 Å². The number of piperidine rings is 1. The van der Waals surface area contributed by atoms with Gasteiger partial charge in [-0.05, 0) is 32.1 Å². The molecule has 0 radical (unpaired) electrons. The molecule has 2 aromatic heterocycles. The number of hydrogen-bond acceptors (Lipinski definition) is 6. The van der Waals surface area contributed by atoms with Gasteiger partial charge in [-0.25, -0.2) is 4.98 Å². The lowest BCUT2D eigenvalue weighted by Gasteiger charge is -2.31. The Bertz CT molecular complexity index is 666. The summed E-state index contributed by atoms with van der Waals surface area (Å²) in [6.45, 7) is 7.69. The summed E-state index contributed by atoms with van der Waals surface area (Å²) in [5.74, 6) is 1.44. The fourth-order valence-electron chi connectivity index (χ4n) is 3.02. The molecule has 1 saturated heterocycles. The number of aryl methyl sites for hydroxylation is 1. The van der Waals surface area contributed by atoms with Gasteiger partial charge in [-0.1, -0.05) is 19.1 Å². The number of nitrogens with one attached hydrogen (secondary N) is 1. The molecule has 1 amide bonds. The van der Waals surface area contributed by atoms with Gasteiger partial charge in [-0.2, -0.15) is 5.21 Å². The number of thiazole rings is 1. The predicted octanol–water partition coefficient (Wildman–Crippen LogP) is 2.18. The smallest absolute Gasteiger partial charge is 0.265 e. The molecule has 0 unspecified atom stereocenters. The van der Waals surface area contributed by atoms with Crippen LogP contribution in [0.2, 0.25) is 0 Å². The molecule has 8 heteroatoms. The highest BCUT2D eigenvalue weighted by atomic mass is 32.1. The van der Waals surface area contributed by atoms with Crippen LogP contribution in [-0.2, 0) is 6.42 Å². The topological polar surface area (TPSA) is 87.7 Å². The molecule has 2 aromatic rings. The molecule has 1 N–H and O–H groups in total. The number of tetrazole rings is 1. The summed E-state index contributed by atoms with van der Waals surface area (Å²) >= 11 is 1.50. The molecule has 0 spiro atoms. The minimum Gasteiger partial charge on any atom is -0.337 e. The molecule has 1 atom stereocenters.